The molecule has 1 heteroatoms. The summed E-state index contributed by atoms with van der Waals surface area (Å²) in [6.07, 6.45) is 5.07. The third kappa shape index (κ3) is 2.01. The van der Waals surface area contributed by atoms with E-state index in [0.717, 1.165) is 5.56 Å². The lowest BCUT2D eigenvalue weighted by Gasteiger charge is -2.17. The van der Waals surface area contributed by atoms with Crippen LogP contribution in [-0.4, -0.2) is 5.11 Å². The Hall–Kier alpha value is -1.76. The summed E-state index contributed by atoms with van der Waals surface area (Å²) < 4.78 is 0. The molecule has 92 valence electrons. The van der Waals surface area contributed by atoms with Crippen LogP contribution in [0.2, 0.25) is 0 Å². The van der Waals surface area contributed by atoms with Gasteiger partial charge in [0.2, 0.25) is 0 Å². The average molecular weight is 238 g/mol. The minimum atomic E-state index is 0.342. The van der Waals surface area contributed by atoms with Crippen molar-refractivity contribution in [2.45, 2.75) is 32.6 Å². The van der Waals surface area contributed by atoms with Gasteiger partial charge in [0.05, 0.1) is 0 Å². The summed E-state index contributed by atoms with van der Waals surface area (Å²) in [7, 11) is 0. The third-order valence-corrected chi connectivity index (χ3v) is 3.87. The van der Waals surface area contributed by atoms with Gasteiger partial charge < -0.3 is 5.11 Å². The molecule has 18 heavy (non-hydrogen) atoms. The maximum atomic E-state index is 9.48. The highest BCUT2D eigenvalue weighted by Gasteiger charge is 2.11. The van der Waals surface area contributed by atoms with Crippen LogP contribution in [0.5, 0.6) is 5.75 Å². The van der Waals surface area contributed by atoms with Crippen molar-refractivity contribution in [3.63, 3.8) is 0 Å². The van der Waals surface area contributed by atoms with E-state index in [1.807, 2.05) is 12.1 Å². The van der Waals surface area contributed by atoms with Crippen molar-refractivity contribution in [3.05, 3.63) is 53.1 Å². The highest BCUT2D eigenvalue weighted by Crippen LogP contribution is 2.30. The number of hydrogen-bond donors (Lipinski definition) is 1. The van der Waals surface area contributed by atoms with E-state index in [1.54, 1.807) is 6.07 Å². The number of benzene rings is 2. The van der Waals surface area contributed by atoms with Gasteiger partial charge in [0.25, 0.3) is 0 Å². The Labute approximate surface area is 108 Å². The van der Waals surface area contributed by atoms with Gasteiger partial charge in [-0.15, -0.1) is 0 Å². The van der Waals surface area contributed by atoms with Crippen molar-refractivity contribution in [1.82, 2.24) is 0 Å². The van der Waals surface area contributed by atoms with E-state index in [4.69, 9.17) is 0 Å². The van der Waals surface area contributed by atoms with Gasteiger partial charge in [0.15, 0.2) is 0 Å². The van der Waals surface area contributed by atoms with Crippen LogP contribution in [0, 0.1) is 6.92 Å². The monoisotopic (exact) mass is 238 g/mol. The number of phenolic OH excluding ortho intramolecular Hbond substituents is 1. The van der Waals surface area contributed by atoms with Crippen molar-refractivity contribution in [2.24, 2.45) is 0 Å². The van der Waals surface area contributed by atoms with Gasteiger partial charge in [-0.1, -0.05) is 24.3 Å². The second kappa shape index (κ2) is 4.49. The SMILES string of the molecule is Cc1cc(O)ccc1-c1ccc2c(c1)CCCC2. The highest BCUT2D eigenvalue weighted by molar-refractivity contribution is 5.69. The zero-order valence-electron chi connectivity index (χ0n) is 10.7. The Kier molecular flexibility index (Phi) is 2.83. The summed E-state index contributed by atoms with van der Waals surface area (Å²) in [5.74, 6) is 0.342. The molecule has 0 unspecified atom stereocenters. The summed E-state index contributed by atoms with van der Waals surface area (Å²) in [4.78, 5) is 0. The molecule has 1 aliphatic rings. The molecule has 0 aromatic heterocycles. The largest absolute Gasteiger partial charge is 0.508 e. The number of aromatic hydroxyl groups is 1. The second-order valence-corrected chi connectivity index (χ2v) is 5.19. The Balaban J connectivity index is 2.06. The molecule has 1 nitrogen and oxygen atoms in total. The molecule has 0 spiro atoms. The van der Waals surface area contributed by atoms with Crippen LogP contribution in [0.3, 0.4) is 0 Å². The van der Waals surface area contributed by atoms with E-state index in [0.29, 0.717) is 5.75 Å². The predicted octanol–water partition coefficient (Wildman–Crippen LogP) is 4.25. The molecule has 0 radical (unpaired) electrons. The molecule has 2 aromatic carbocycles. The standard InChI is InChI=1S/C17H18O/c1-12-10-16(18)8-9-17(12)15-7-6-13-4-2-3-5-14(13)11-15/h6-11,18H,2-5H2,1H3. The number of phenols is 1. The first-order valence-electron chi connectivity index (χ1n) is 6.66. The Morgan fingerprint density at radius 1 is 0.889 bits per heavy atom. The molecule has 1 N–H and O–H groups in total. The van der Waals surface area contributed by atoms with Gasteiger partial charge in [0, 0.05) is 0 Å². The maximum absolute atomic E-state index is 9.48. The minimum Gasteiger partial charge on any atom is -0.508 e. The van der Waals surface area contributed by atoms with E-state index in [2.05, 4.69) is 25.1 Å². The summed E-state index contributed by atoms with van der Waals surface area (Å²) in [5.41, 5.74) is 6.65. The van der Waals surface area contributed by atoms with Gasteiger partial charge >= 0.3 is 0 Å². The van der Waals surface area contributed by atoms with E-state index >= 15 is 0 Å². The molecule has 1 aliphatic carbocycles. The molecule has 2 aromatic rings. The first-order chi connectivity index (χ1) is 8.74. The topological polar surface area (TPSA) is 20.2 Å². The molecule has 0 amide bonds. The van der Waals surface area contributed by atoms with Gasteiger partial charge in [-0.3, -0.25) is 0 Å². The van der Waals surface area contributed by atoms with Gasteiger partial charge in [-0.2, -0.15) is 0 Å². The molecule has 0 saturated heterocycles. The Morgan fingerprint density at radius 2 is 1.67 bits per heavy atom. The molecule has 0 saturated carbocycles. The molecule has 0 aliphatic heterocycles. The molecule has 0 fully saturated rings. The summed E-state index contributed by atoms with van der Waals surface area (Å²) >= 11 is 0. The minimum absolute atomic E-state index is 0.342. The fourth-order valence-electron chi connectivity index (χ4n) is 2.87. The fourth-order valence-corrected chi connectivity index (χ4v) is 2.87. The van der Waals surface area contributed by atoms with Gasteiger partial charge in [0.1, 0.15) is 5.75 Å². The molecule has 0 heterocycles. The van der Waals surface area contributed by atoms with Gasteiger partial charge in [-0.05, 0) is 72.6 Å². The molecular weight excluding hydrogens is 220 g/mol. The Morgan fingerprint density at radius 3 is 2.44 bits per heavy atom. The van der Waals surface area contributed by atoms with Crippen LogP contribution in [0.4, 0.5) is 0 Å². The fraction of sp³-hybridized carbons (Fsp3) is 0.294. The van der Waals surface area contributed by atoms with Crippen molar-refractivity contribution in [1.29, 1.82) is 0 Å². The van der Waals surface area contributed by atoms with Crippen LogP contribution < -0.4 is 0 Å². The van der Waals surface area contributed by atoms with Gasteiger partial charge in [-0.25, -0.2) is 0 Å². The van der Waals surface area contributed by atoms with E-state index in [-0.39, 0.29) is 0 Å². The van der Waals surface area contributed by atoms with Crippen molar-refractivity contribution < 1.29 is 5.11 Å². The molecule has 3 rings (SSSR count). The summed E-state index contributed by atoms with van der Waals surface area (Å²) in [6, 6.07) is 12.4. The average Bonchev–Trinajstić information content (AvgIpc) is 2.38. The third-order valence-electron chi connectivity index (χ3n) is 3.87. The molecule has 0 atom stereocenters. The van der Waals surface area contributed by atoms with Crippen LogP contribution in [0.25, 0.3) is 11.1 Å². The van der Waals surface area contributed by atoms with Crippen LogP contribution in [0.15, 0.2) is 36.4 Å². The first kappa shape index (κ1) is 11.3. The second-order valence-electron chi connectivity index (χ2n) is 5.19. The lowest BCUT2D eigenvalue weighted by atomic mass is 9.88. The summed E-state index contributed by atoms with van der Waals surface area (Å²) in [6.45, 7) is 2.05. The smallest absolute Gasteiger partial charge is 0.115 e. The van der Waals surface area contributed by atoms with Crippen molar-refractivity contribution in [3.8, 4) is 16.9 Å². The first-order valence-corrected chi connectivity index (χ1v) is 6.66. The zero-order valence-corrected chi connectivity index (χ0v) is 10.7. The molecule has 0 bridgehead atoms. The van der Waals surface area contributed by atoms with E-state index in [9.17, 15) is 5.11 Å². The highest BCUT2D eigenvalue weighted by atomic mass is 16.3. The van der Waals surface area contributed by atoms with Crippen molar-refractivity contribution >= 4 is 0 Å². The number of hydrogen-bond acceptors (Lipinski definition) is 1. The zero-order chi connectivity index (χ0) is 12.5. The van der Waals surface area contributed by atoms with Crippen molar-refractivity contribution in [2.75, 3.05) is 0 Å². The van der Waals surface area contributed by atoms with Crippen LogP contribution in [-0.2, 0) is 12.8 Å². The summed E-state index contributed by atoms with van der Waals surface area (Å²) in [5, 5.41) is 9.48. The van der Waals surface area contributed by atoms with Crippen LogP contribution >= 0.6 is 0 Å². The molecular formula is C17H18O. The maximum Gasteiger partial charge on any atom is 0.115 e. The number of rotatable bonds is 1. The predicted molar refractivity (Wildman–Crippen MR) is 74.9 cm³/mol. The van der Waals surface area contributed by atoms with E-state index < -0.39 is 0 Å². The Bertz CT molecular complexity index is 584. The van der Waals surface area contributed by atoms with Crippen LogP contribution in [0.1, 0.15) is 29.5 Å². The quantitative estimate of drug-likeness (QED) is 0.787. The lowest BCUT2D eigenvalue weighted by molar-refractivity contribution is 0.475. The normalized spacial score (nSPS) is 14.3. The lowest BCUT2D eigenvalue weighted by Crippen LogP contribution is -2.02. The number of fused-ring (bicyclic) bond motifs is 1. The van der Waals surface area contributed by atoms with E-state index in [1.165, 1.54) is 47.9 Å². The number of aryl methyl sites for hydroxylation is 3.